The van der Waals surface area contributed by atoms with Gasteiger partial charge in [0, 0.05) is 5.56 Å². The number of hydrogen-bond donors (Lipinski definition) is 2. The summed E-state index contributed by atoms with van der Waals surface area (Å²) >= 11 is 5.74. The van der Waals surface area contributed by atoms with E-state index in [4.69, 9.17) is 16.9 Å². The maximum Gasteiger partial charge on any atom is 0.252 e. The van der Waals surface area contributed by atoms with Crippen LogP contribution in [0.1, 0.15) is 37.0 Å². The summed E-state index contributed by atoms with van der Waals surface area (Å²) in [6, 6.07) is 6.31. The van der Waals surface area contributed by atoms with Gasteiger partial charge in [0.25, 0.3) is 5.91 Å². The molecule has 4 nitrogen and oxygen atoms in total. The summed E-state index contributed by atoms with van der Waals surface area (Å²) in [5.74, 6) is -0.451. The molecule has 0 radical (unpaired) electrons. The summed E-state index contributed by atoms with van der Waals surface area (Å²) in [5, 5.41) is 21.2. The number of carbonyl (C=O) groups is 1. The Morgan fingerprint density at radius 3 is 2.56 bits per heavy atom. The first-order valence-electron chi connectivity index (χ1n) is 5.70. The number of carbonyl (C=O) groups excluding carboxylic acids is 1. The van der Waals surface area contributed by atoms with Crippen molar-refractivity contribution >= 4 is 17.5 Å². The minimum atomic E-state index is -0.860. The lowest BCUT2D eigenvalue weighted by Crippen LogP contribution is -2.46. The van der Waals surface area contributed by atoms with Gasteiger partial charge in [0.05, 0.1) is 11.1 Å². The summed E-state index contributed by atoms with van der Waals surface area (Å²) in [4.78, 5) is 12.0. The third-order valence-corrected chi connectivity index (χ3v) is 3.29. The highest BCUT2D eigenvalue weighted by atomic mass is 35.5. The number of nitrogens with one attached hydrogen (secondary N) is 1. The van der Waals surface area contributed by atoms with Crippen molar-refractivity contribution in [2.75, 3.05) is 0 Å². The van der Waals surface area contributed by atoms with Gasteiger partial charge in [0.1, 0.15) is 11.3 Å². The normalized spacial score (nSPS) is 10.8. The van der Waals surface area contributed by atoms with Gasteiger partial charge < -0.3 is 10.4 Å². The van der Waals surface area contributed by atoms with E-state index in [9.17, 15) is 9.90 Å². The number of hydrogen-bond acceptors (Lipinski definition) is 3. The Morgan fingerprint density at radius 2 is 2.11 bits per heavy atom. The third-order valence-electron chi connectivity index (χ3n) is 2.98. The van der Waals surface area contributed by atoms with E-state index >= 15 is 0 Å². The van der Waals surface area contributed by atoms with Gasteiger partial charge in [-0.1, -0.05) is 25.4 Å². The average Bonchev–Trinajstić information content (AvgIpc) is 2.39. The van der Waals surface area contributed by atoms with Crippen LogP contribution in [-0.2, 0) is 0 Å². The fraction of sp³-hybridized carbons (Fsp3) is 0.385. The fourth-order valence-corrected chi connectivity index (χ4v) is 1.73. The number of phenolic OH excluding ortho intramolecular Hbond substituents is 1. The molecule has 2 N–H and O–H groups in total. The largest absolute Gasteiger partial charge is 0.506 e. The Kier molecular flexibility index (Phi) is 4.57. The van der Waals surface area contributed by atoms with Crippen LogP contribution in [0, 0.1) is 11.3 Å². The third kappa shape index (κ3) is 2.93. The van der Waals surface area contributed by atoms with E-state index < -0.39 is 5.54 Å². The van der Waals surface area contributed by atoms with Gasteiger partial charge in [0.2, 0.25) is 0 Å². The topological polar surface area (TPSA) is 73.1 Å². The summed E-state index contributed by atoms with van der Waals surface area (Å²) in [5.41, 5.74) is -0.541. The highest BCUT2D eigenvalue weighted by molar-refractivity contribution is 6.32. The number of nitrogens with zero attached hydrogens (tertiary/aromatic N) is 1. The molecule has 1 aromatic carbocycles. The SMILES string of the molecule is CCC(C#N)(CC)NC(=O)c1ccc(O)c(Cl)c1. The average molecular weight is 267 g/mol. The van der Waals surface area contributed by atoms with Crippen LogP contribution in [0.4, 0.5) is 0 Å². The zero-order chi connectivity index (χ0) is 13.8. The minimum absolute atomic E-state index is 0.0780. The van der Waals surface area contributed by atoms with Crippen molar-refractivity contribution in [3.8, 4) is 11.8 Å². The van der Waals surface area contributed by atoms with Gasteiger partial charge in [-0.15, -0.1) is 0 Å². The van der Waals surface area contributed by atoms with Gasteiger partial charge in [-0.3, -0.25) is 4.79 Å². The van der Waals surface area contributed by atoms with Crippen LogP contribution < -0.4 is 5.32 Å². The first kappa shape index (κ1) is 14.3. The number of halogens is 1. The van der Waals surface area contributed by atoms with Crippen LogP contribution in [0.15, 0.2) is 18.2 Å². The molecule has 0 bridgehead atoms. The zero-order valence-corrected chi connectivity index (χ0v) is 11.1. The van der Waals surface area contributed by atoms with E-state index in [1.54, 1.807) is 0 Å². The minimum Gasteiger partial charge on any atom is -0.506 e. The molecule has 0 aliphatic heterocycles. The van der Waals surface area contributed by atoms with E-state index in [-0.39, 0.29) is 16.7 Å². The van der Waals surface area contributed by atoms with E-state index in [1.807, 2.05) is 13.8 Å². The van der Waals surface area contributed by atoms with Crippen LogP contribution >= 0.6 is 11.6 Å². The van der Waals surface area contributed by atoms with Gasteiger partial charge in [-0.25, -0.2) is 0 Å². The second-order valence-electron chi connectivity index (χ2n) is 4.02. The zero-order valence-electron chi connectivity index (χ0n) is 10.3. The molecule has 0 spiro atoms. The van der Waals surface area contributed by atoms with Crippen molar-refractivity contribution < 1.29 is 9.90 Å². The molecule has 0 fully saturated rings. The second-order valence-corrected chi connectivity index (χ2v) is 4.43. The van der Waals surface area contributed by atoms with Crippen LogP contribution in [0.2, 0.25) is 5.02 Å². The monoisotopic (exact) mass is 266 g/mol. The summed E-state index contributed by atoms with van der Waals surface area (Å²) in [7, 11) is 0. The van der Waals surface area contributed by atoms with Crippen molar-refractivity contribution in [2.45, 2.75) is 32.2 Å². The van der Waals surface area contributed by atoms with Gasteiger partial charge >= 0.3 is 0 Å². The molecule has 0 aliphatic rings. The predicted molar refractivity (Wildman–Crippen MR) is 69.5 cm³/mol. The summed E-state index contributed by atoms with van der Waals surface area (Å²) in [6.45, 7) is 3.69. The first-order valence-corrected chi connectivity index (χ1v) is 6.08. The predicted octanol–water partition coefficient (Wildman–Crippen LogP) is 2.86. The van der Waals surface area contributed by atoms with Crippen LogP contribution in [-0.4, -0.2) is 16.6 Å². The lowest BCUT2D eigenvalue weighted by molar-refractivity contribution is 0.0915. The van der Waals surface area contributed by atoms with Gasteiger partial charge in [-0.2, -0.15) is 5.26 Å². The molecule has 1 aromatic rings. The number of phenols is 1. The van der Waals surface area contributed by atoms with E-state index in [0.717, 1.165) is 0 Å². The summed E-state index contributed by atoms with van der Waals surface area (Å²) in [6.07, 6.45) is 1.05. The Balaban J connectivity index is 2.95. The molecule has 1 amide bonds. The number of amides is 1. The Bertz CT molecular complexity index is 490. The standard InChI is InChI=1S/C13H15ClN2O2/c1-3-13(4-2,8-15)16-12(18)9-5-6-11(17)10(14)7-9/h5-7,17H,3-4H2,1-2H3,(H,16,18). The molecule has 0 unspecified atom stereocenters. The molecule has 5 heteroatoms. The second kappa shape index (κ2) is 5.74. The molecule has 0 heterocycles. The molecule has 18 heavy (non-hydrogen) atoms. The molecule has 0 saturated heterocycles. The Morgan fingerprint density at radius 1 is 1.50 bits per heavy atom. The molecule has 0 saturated carbocycles. The smallest absolute Gasteiger partial charge is 0.252 e. The Hall–Kier alpha value is -1.73. The van der Waals surface area contributed by atoms with E-state index in [0.29, 0.717) is 18.4 Å². The lowest BCUT2D eigenvalue weighted by atomic mass is 9.94. The van der Waals surface area contributed by atoms with Crippen molar-refractivity contribution in [3.63, 3.8) is 0 Å². The van der Waals surface area contributed by atoms with Gasteiger partial charge in [-0.05, 0) is 31.0 Å². The van der Waals surface area contributed by atoms with Crippen molar-refractivity contribution in [3.05, 3.63) is 28.8 Å². The molecule has 0 aliphatic carbocycles. The highest BCUT2D eigenvalue weighted by Gasteiger charge is 2.28. The molecule has 96 valence electrons. The van der Waals surface area contributed by atoms with Crippen LogP contribution in [0.3, 0.4) is 0 Å². The highest BCUT2D eigenvalue weighted by Crippen LogP contribution is 2.24. The fourth-order valence-electron chi connectivity index (χ4n) is 1.55. The van der Waals surface area contributed by atoms with Gasteiger partial charge in [0.15, 0.2) is 0 Å². The van der Waals surface area contributed by atoms with Crippen LogP contribution in [0.25, 0.3) is 0 Å². The quantitative estimate of drug-likeness (QED) is 0.880. The maximum atomic E-state index is 12.0. The molecule has 0 aromatic heterocycles. The summed E-state index contributed by atoms with van der Waals surface area (Å²) < 4.78 is 0. The van der Waals surface area contributed by atoms with Crippen molar-refractivity contribution in [1.82, 2.24) is 5.32 Å². The van der Waals surface area contributed by atoms with Crippen molar-refractivity contribution in [2.24, 2.45) is 0 Å². The molecular formula is C13H15ClN2O2. The van der Waals surface area contributed by atoms with Crippen molar-refractivity contribution in [1.29, 1.82) is 5.26 Å². The van der Waals surface area contributed by atoms with E-state index in [1.165, 1.54) is 18.2 Å². The Labute approximate surface area is 111 Å². The van der Waals surface area contributed by atoms with Crippen LogP contribution in [0.5, 0.6) is 5.75 Å². The number of aromatic hydroxyl groups is 1. The number of rotatable bonds is 4. The number of nitriles is 1. The van der Waals surface area contributed by atoms with E-state index in [2.05, 4.69) is 11.4 Å². The molecule has 1 rings (SSSR count). The number of benzene rings is 1. The molecule has 0 atom stereocenters. The molecular weight excluding hydrogens is 252 g/mol. The maximum absolute atomic E-state index is 12.0. The lowest BCUT2D eigenvalue weighted by Gasteiger charge is -2.24. The first-order chi connectivity index (χ1) is 8.48.